The molecular weight excluding hydrogens is 380 g/mol. The number of hydrogen-bond donors (Lipinski definition) is 1. The van der Waals surface area contributed by atoms with Gasteiger partial charge in [0.25, 0.3) is 0 Å². The SMILES string of the molecule is COC(=O)CCC(=O)OCC12CCC(C)C(C)(CCC(C)=CCO)C1CCC=C2C. The Morgan fingerprint density at radius 3 is 2.60 bits per heavy atom. The van der Waals surface area contributed by atoms with Gasteiger partial charge in [0, 0.05) is 5.41 Å². The standard InChI is InChI=1S/C25H40O5/c1-18(13-16-26)11-14-24(4)19(2)12-15-25(20(3)7-6-8-21(24)25)17-30-23(28)10-9-22(27)29-5/h7,13,19,21,26H,6,8-12,14-17H2,1-5H3. The summed E-state index contributed by atoms with van der Waals surface area (Å²) in [7, 11) is 1.33. The van der Waals surface area contributed by atoms with Crippen molar-refractivity contribution in [1.29, 1.82) is 0 Å². The molecule has 4 unspecified atom stereocenters. The van der Waals surface area contributed by atoms with Crippen molar-refractivity contribution in [3.8, 4) is 0 Å². The van der Waals surface area contributed by atoms with Gasteiger partial charge in [-0.1, -0.05) is 37.1 Å². The summed E-state index contributed by atoms with van der Waals surface area (Å²) < 4.78 is 10.4. The van der Waals surface area contributed by atoms with Gasteiger partial charge in [0.2, 0.25) is 0 Å². The van der Waals surface area contributed by atoms with E-state index in [1.165, 1.54) is 18.3 Å². The Kier molecular flexibility index (Phi) is 8.72. The smallest absolute Gasteiger partial charge is 0.306 e. The fourth-order valence-electron chi connectivity index (χ4n) is 5.72. The van der Waals surface area contributed by atoms with Gasteiger partial charge in [-0.2, -0.15) is 0 Å². The van der Waals surface area contributed by atoms with Crippen LogP contribution in [0.25, 0.3) is 0 Å². The molecule has 0 spiro atoms. The summed E-state index contributed by atoms with van der Waals surface area (Å²) in [5.74, 6) is 0.337. The van der Waals surface area contributed by atoms with Crippen LogP contribution >= 0.6 is 0 Å². The average molecular weight is 421 g/mol. The minimum atomic E-state index is -0.387. The molecule has 1 saturated carbocycles. The number of carbonyl (C=O) groups is 2. The summed E-state index contributed by atoms with van der Waals surface area (Å²) in [5, 5.41) is 9.21. The van der Waals surface area contributed by atoms with Crippen LogP contribution in [0.3, 0.4) is 0 Å². The van der Waals surface area contributed by atoms with Crippen molar-refractivity contribution >= 4 is 11.9 Å². The number of ether oxygens (including phenoxy) is 2. The second kappa shape index (κ2) is 10.6. The molecule has 0 aliphatic heterocycles. The van der Waals surface area contributed by atoms with E-state index in [-0.39, 0.29) is 42.2 Å². The Morgan fingerprint density at radius 2 is 1.93 bits per heavy atom. The predicted molar refractivity (Wildman–Crippen MR) is 118 cm³/mol. The molecule has 2 aliphatic rings. The molecular formula is C25H40O5. The summed E-state index contributed by atoms with van der Waals surface area (Å²) in [6.45, 7) is 9.56. The third-order valence-electron chi connectivity index (χ3n) is 8.05. The molecule has 30 heavy (non-hydrogen) atoms. The van der Waals surface area contributed by atoms with Crippen molar-refractivity contribution in [2.75, 3.05) is 20.3 Å². The van der Waals surface area contributed by atoms with Crippen molar-refractivity contribution < 1.29 is 24.2 Å². The number of hydrogen-bond acceptors (Lipinski definition) is 5. The van der Waals surface area contributed by atoms with Crippen molar-refractivity contribution in [3.05, 3.63) is 23.3 Å². The molecule has 0 saturated heterocycles. The fraction of sp³-hybridized carbons (Fsp3) is 0.760. The van der Waals surface area contributed by atoms with Crippen LogP contribution < -0.4 is 0 Å². The molecule has 0 bridgehead atoms. The fourth-order valence-corrected chi connectivity index (χ4v) is 5.72. The van der Waals surface area contributed by atoms with Crippen LogP contribution in [0, 0.1) is 22.7 Å². The molecule has 1 fully saturated rings. The van der Waals surface area contributed by atoms with Crippen LogP contribution in [0.4, 0.5) is 0 Å². The van der Waals surface area contributed by atoms with E-state index in [1.807, 2.05) is 6.08 Å². The normalized spacial score (nSPS) is 31.5. The molecule has 0 aromatic carbocycles. The minimum Gasteiger partial charge on any atom is -0.469 e. The van der Waals surface area contributed by atoms with Gasteiger partial charge >= 0.3 is 11.9 Å². The molecule has 0 aromatic rings. The minimum absolute atomic E-state index is 0.0613. The second-order valence-corrected chi connectivity index (χ2v) is 9.59. The van der Waals surface area contributed by atoms with E-state index in [0.717, 1.165) is 38.5 Å². The zero-order valence-electron chi connectivity index (χ0n) is 19.5. The number of carbonyl (C=O) groups excluding carboxylic acids is 2. The van der Waals surface area contributed by atoms with Gasteiger partial charge in [-0.3, -0.25) is 9.59 Å². The lowest BCUT2D eigenvalue weighted by molar-refractivity contribution is -0.156. The molecule has 2 rings (SSSR count). The quantitative estimate of drug-likeness (QED) is 0.421. The summed E-state index contributed by atoms with van der Waals surface area (Å²) in [4.78, 5) is 23.7. The first kappa shape index (κ1) is 24.6. The highest BCUT2D eigenvalue weighted by Crippen LogP contribution is 2.62. The van der Waals surface area contributed by atoms with Crippen LogP contribution in [0.2, 0.25) is 0 Å². The van der Waals surface area contributed by atoms with E-state index in [1.54, 1.807) is 0 Å². The van der Waals surface area contributed by atoms with Gasteiger partial charge in [-0.25, -0.2) is 0 Å². The predicted octanol–water partition coefficient (Wildman–Crippen LogP) is 4.98. The van der Waals surface area contributed by atoms with E-state index in [2.05, 4.69) is 38.5 Å². The molecule has 5 heteroatoms. The van der Waals surface area contributed by atoms with Gasteiger partial charge in [-0.15, -0.1) is 0 Å². The van der Waals surface area contributed by atoms with E-state index >= 15 is 0 Å². The average Bonchev–Trinajstić information content (AvgIpc) is 2.73. The molecule has 1 N–H and O–H groups in total. The van der Waals surface area contributed by atoms with Crippen LogP contribution in [0.15, 0.2) is 23.3 Å². The Morgan fingerprint density at radius 1 is 1.23 bits per heavy atom. The summed E-state index contributed by atoms with van der Waals surface area (Å²) in [5.41, 5.74) is 2.62. The zero-order chi connectivity index (χ0) is 22.4. The lowest BCUT2D eigenvalue weighted by Crippen LogP contribution is -2.53. The number of rotatable bonds is 9. The summed E-state index contributed by atoms with van der Waals surface area (Å²) >= 11 is 0. The molecule has 0 aromatic heterocycles. The highest BCUT2D eigenvalue weighted by molar-refractivity contribution is 5.77. The number of fused-ring (bicyclic) bond motifs is 1. The second-order valence-electron chi connectivity index (χ2n) is 9.59. The summed E-state index contributed by atoms with van der Waals surface area (Å²) in [6, 6.07) is 0. The molecule has 170 valence electrons. The molecule has 0 amide bonds. The number of aliphatic hydroxyl groups excluding tert-OH is 1. The van der Waals surface area contributed by atoms with Gasteiger partial charge in [-0.05, 0) is 69.6 Å². The monoisotopic (exact) mass is 420 g/mol. The van der Waals surface area contributed by atoms with Crippen LogP contribution in [-0.4, -0.2) is 37.4 Å². The van der Waals surface area contributed by atoms with Gasteiger partial charge in [0.05, 0.1) is 26.6 Å². The molecule has 5 nitrogen and oxygen atoms in total. The van der Waals surface area contributed by atoms with E-state index in [4.69, 9.17) is 4.74 Å². The Balaban J connectivity index is 2.19. The van der Waals surface area contributed by atoms with Crippen LogP contribution in [0.5, 0.6) is 0 Å². The highest BCUT2D eigenvalue weighted by Gasteiger charge is 2.55. The summed E-state index contributed by atoms with van der Waals surface area (Å²) in [6.07, 6.45) is 10.7. The van der Waals surface area contributed by atoms with Crippen molar-refractivity contribution in [2.45, 2.75) is 79.1 Å². The number of aliphatic hydroxyl groups is 1. The van der Waals surface area contributed by atoms with Gasteiger partial charge < -0.3 is 14.6 Å². The maximum atomic E-state index is 12.3. The van der Waals surface area contributed by atoms with Crippen molar-refractivity contribution in [3.63, 3.8) is 0 Å². The first-order valence-corrected chi connectivity index (χ1v) is 11.4. The Labute approximate surface area is 181 Å². The third-order valence-corrected chi connectivity index (χ3v) is 8.05. The van der Waals surface area contributed by atoms with Crippen molar-refractivity contribution in [1.82, 2.24) is 0 Å². The Bertz CT molecular complexity index is 679. The number of methoxy groups -OCH3 is 1. The first-order chi connectivity index (χ1) is 14.2. The third kappa shape index (κ3) is 5.35. The zero-order valence-corrected chi connectivity index (χ0v) is 19.5. The molecule has 0 radical (unpaired) electrons. The number of allylic oxidation sites excluding steroid dienone is 2. The maximum absolute atomic E-state index is 12.3. The highest BCUT2D eigenvalue weighted by atomic mass is 16.5. The molecule has 0 heterocycles. The largest absolute Gasteiger partial charge is 0.469 e. The number of esters is 2. The molecule has 4 atom stereocenters. The maximum Gasteiger partial charge on any atom is 0.306 e. The van der Waals surface area contributed by atoms with Gasteiger partial charge in [0.1, 0.15) is 6.61 Å². The topological polar surface area (TPSA) is 72.8 Å². The first-order valence-electron chi connectivity index (χ1n) is 11.4. The Hall–Kier alpha value is -1.62. The van der Waals surface area contributed by atoms with Crippen molar-refractivity contribution in [2.24, 2.45) is 22.7 Å². The molecule has 2 aliphatic carbocycles. The van der Waals surface area contributed by atoms with Crippen LogP contribution in [-0.2, 0) is 19.1 Å². The van der Waals surface area contributed by atoms with E-state index in [0.29, 0.717) is 18.4 Å². The lowest BCUT2D eigenvalue weighted by atomic mass is 9.46. The lowest BCUT2D eigenvalue weighted by Gasteiger charge is -2.59. The van der Waals surface area contributed by atoms with E-state index < -0.39 is 0 Å². The van der Waals surface area contributed by atoms with Gasteiger partial charge in [0.15, 0.2) is 0 Å². The van der Waals surface area contributed by atoms with E-state index in [9.17, 15) is 14.7 Å². The van der Waals surface area contributed by atoms with Crippen LogP contribution in [0.1, 0.15) is 79.1 Å².